The van der Waals surface area contributed by atoms with Crippen LogP contribution in [0.2, 0.25) is 0 Å². The highest BCUT2D eigenvalue weighted by molar-refractivity contribution is 7.89. The number of rotatable bonds is 5. The minimum absolute atomic E-state index is 0.0332. The molecule has 1 atom stereocenters. The Bertz CT molecular complexity index is 1040. The van der Waals surface area contributed by atoms with Gasteiger partial charge in [0.1, 0.15) is 5.75 Å². The number of para-hydroxylation sites is 2. The van der Waals surface area contributed by atoms with E-state index < -0.39 is 33.5 Å². The molecule has 0 saturated carbocycles. The highest BCUT2D eigenvalue weighted by Gasteiger charge is 2.29. The van der Waals surface area contributed by atoms with Crippen LogP contribution in [-0.2, 0) is 19.6 Å². The fourth-order valence-electron chi connectivity index (χ4n) is 2.81. The van der Waals surface area contributed by atoms with E-state index in [1.54, 1.807) is 51.1 Å². The lowest BCUT2D eigenvalue weighted by atomic mass is 10.1. The molecule has 2 aromatic carbocycles. The second-order valence-electron chi connectivity index (χ2n) is 7.73. The van der Waals surface area contributed by atoms with E-state index in [0.29, 0.717) is 17.1 Å². The summed E-state index contributed by atoms with van der Waals surface area (Å²) in [6.45, 7) is 5.22. The first-order valence-corrected chi connectivity index (χ1v) is 10.5. The van der Waals surface area contributed by atoms with Crippen LogP contribution in [-0.4, -0.2) is 31.9 Å². The summed E-state index contributed by atoms with van der Waals surface area (Å²) in [6, 6.07) is 12.9. The van der Waals surface area contributed by atoms with Crippen molar-refractivity contribution in [2.24, 2.45) is 0 Å². The van der Waals surface area contributed by atoms with Gasteiger partial charge in [0.2, 0.25) is 15.9 Å². The Morgan fingerprint density at radius 3 is 2.59 bits per heavy atom. The number of carbonyl (C=O) groups is 2. The van der Waals surface area contributed by atoms with Gasteiger partial charge in [0.05, 0.1) is 17.0 Å². The van der Waals surface area contributed by atoms with Crippen LogP contribution in [0.4, 0.5) is 11.4 Å². The van der Waals surface area contributed by atoms with Crippen molar-refractivity contribution in [1.29, 1.82) is 0 Å². The van der Waals surface area contributed by atoms with Gasteiger partial charge in [0.25, 0.3) is 5.91 Å². The van der Waals surface area contributed by atoms with Gasteiger partial charge in [0, 0.05) is 11.2 Å². The SMILES string of the molecule is CC(C)(C)NS(=O)(=O)c1cccc(NC(=O)C[C@@H]2Oc3ccccc3NC2=O)c1. The summed E-state index contributed by atoms with van der Waals surface area (Å²) >= 11 is 0. The number of sulfonamides is 1. The van der Waals surface area contributed by atoms with Crippen LogP contribution < -0.4 is 20.1 Å². The van der Waals surface area contributed by atoms with Crippen molar-refractivity contribution < 1.29 is 22.7 Å². The van der Waals surface area contributed by atoms with Crippen molar-refractivity contribution in [3.63, 3.8) is 0 Å². The third-order valence-corrected chi connectivity index (χ3v) is 5.70. The van der Waals surface area contributed by atoms with E-state index in [1.807, 2.05) is 0 Å². The molecule has 0 fully saturated rings. The average Bonchev–Trinajstić information content (AvgIpc) is 2.60. The number of nitrogens with one attached hydrogen (secondary N) is 3. The van der Waals surface area contributed by atoms with Gasteiger partial charge in [-0.1, -0.05) is 18.2 Å². The van der Waals surface area contributed by atoms with Crippen LogP contribution in [0.1, 0.15) is 27.2 Å². The molecule has 1 aliphatic rings. The van der Waals surface area contributed by atoms with Crippen molar-refractivity contribution in [2.45, 2.75) is 43.7 Å². The average molecular weight is 417 g/mol. The third kappa shape index (κ3) is 5.33. The lowest BCUT2D eigenvalue weighted by Crippen LogP contribution is -2.40. The molecule has 29 heavy (non-hydrogen) atoms. The summed E-state index contributed by atoms with van der Waals surface area (Å²) in [5.74, 6) is -0.390. The monoisotopic (exact) mass is 417 g/mol. The lowest BCUT2D eigenvalue weighted by Gasteiger charge is -2.25. The Labute approximate surface area is 169 Å². The van der Waals surface area contributed by atoms with E-state index in [1.165, 1.54) is 18.2 Å². The molecule has 2 aromatic rings. The van der Waals surface area contributed by atoms with Gasteiger partial charge in [-0.05, 0) is 51.1 Å². The maximum atomic E-state index is 12.5. The molecule has 8 nitrogen and oxygen atoms in total. The standard InChI is InChI=1S/C20H23N3O5S/c1-20(2,3)23-29(26,27)14-8-6-7-13(11-14)21-18(24)12-17-19(25)22-15-9-4-5-10-16(15)28-17/h4-11,17,23H,12H2,1-3H3,(H,21,24)(H,22,25)/t17-/m0/s1. The Kier molecular flexibility index (Phi) is 5.63. The van der Waals surface area contributed by atoms with Gasteiger partial charge in [0.15, 0.2) is 6.10 Å². The number of hydrogen-bond acceptors (Lipinski definition) is 5. The van der Waals surface area contributed by atoms with Crippen LogP contribution in [0.25, 0.3) is 0 Å². The minimum atomic E-state index is -3.74. The zero-order chi connectivity index (χ0) is 21.2. The summed E-state index contributed by atoms with van der Waals surface area (Å²) in [6.07, 6.45) is -1.18. The maximum Gasteiger partial charge on any atom is 0.266 e. The van der Waals surface area contributed by atoms with Crippen molar-refractivity contribution in [3.8, 4) is 5.75 Å². The Morgan fingerprint density at radius 2 is 1.86 bits per heavy atom. The molecule has 0 spiro atoms. The van der Waals surface area contributed by atoms with Crippen molar-refractivity contribution in [1.82, 2.24) is 4.72 Å². The predicted molar refractivity (Wildman–Crippen MR) is 109 cm³/mol. The van der Waals surface area contributed by atoms with Crippen LogP contribution in [0.5, 0.6) is 5.75 Å². The molecular weight excluding hydrogens is 394 g/mol. The highest BCUT2D eigenvalue weighted by atomic mass is 32.2. The van der Waals surface area contributed by atoms with Gasteiger partial charge in [-0.2, -0.15) is 0 Å². The van der Waals surface area contributed by atoms with Crippen LogP contribution >= 0.6 is 0 Å². The Balaban J connectivity index is 1.68. The number of ether oxygens (including phenoxy) is 1. The van der Waals surface area contributed by atoms with Gasteiger partial charge < -0.3 is 15.4 Å². The topological polar surface area (TPSA) is 114 Å². The van der Waals surface area contributed by atoms with Crippen LogP contribution in [0, 0.1) is 0 Å². The molecule has 0 aliphatic carbocycles. The predicted octanol–water partition coefficient (Wildman–Crippen LogP) is 2.49. The Morgan fingerprint density at radius 1 is 1.14 bits per heavy atom. The van der Waals surface area contributed by atoms with E-state index in [-0.39, 0.29) is 11.3 Å². The maximum absolute atomic E-state index is 12.5. The summed E-state index contributed by atoms with van der Waals surface area (Å²) < 4.78 is 33.1. The molecule has 3 N–H and O–H groups in total. The second-order valence-corrected chi connectivity index (χ2v) is 9.41. The third-order valence-electron chi connectivity index (χ3n) is 3.95. The number of benzene rings is 2. The van der Waals surface area contributed by atoms with Gasteiger partial charge in [-0.3, -0.25) is 9.59 Å². The number of anilines is 2. The first-order chi connectivity index (χ1) is 13.5. The zero-order valence-electron chi connectivity index (χ0n) is 16.4. The van der Waals surface area contributed by atoms with Gasteiger partial charge in [-0.15, -0.1) is 0 Å². The molecule has 0 bridgehead atoms. The second kappa shape index (κ2) is 7.84. The first-order valence-electron chi connectivity index (χ1n) is 9.04. The molecule has 2 amide bonds. The quantitative estimate of drug-likeness (QED) is 0.692. The van der Waals surface area contributed by atoms with E-state index in [9.17, 15) is 18.0 Å². The highest BCUT2D eigenvalue weighted by Crippen LogP contribution is 2.29. The largest absolute Gasteiger partial charge is 0.478 e. The molecule has 0 aromatic heterocycles. The summed E-state index contributed by atoms with van der Waals surface area (Å²) in [7, 11) is -3.74. The normalized spacial score (nSPS) is 16.4. The van der Waals surface area contributed by atoms with Crippen LogP contribution in [0.15, 0.2) is 53.4 Å². The summed E-state index contributed by atoms with van der Waals surface area (Å²) in [4.78, 5) is 24.6. The molecule has 1 aliphatic heterocycles. The van der Waals surface area contributed by atoms with Gasteiger partial charge >= 0.3 is 0 Å². The van der Waals surface area contributed by atoms with Crippen molar-refractivity contribution in [2.75, 3.05) is 10.6 Å². The lowest BCUT2D eigenvalue weighted by molar-refractivity contribution is -0.128. The zero-order valence-corrected chi connectivity index (χ0v) is 17.2. The molecular formula is C20H23N3O5S. The van der Waals surface area contributed by atoms with Crippen molar-refractivity contribution >= 4 is 33.2 Å². The first kappa shape index (κ1) is 20.8. The molecule has 9 heteroatoms. The number of carbonyl (C=O) groups excluding carboxylic acids is 2. The van der Waals surface area contributed by atoms with E-state index in [4.69, 9.17) is 4.74 Å². The Hall–Kier alpha value is -2.91. The number of amides is 2. The van der Waals surface area contributed by atoms with E-state index in [0.717, 1.165) is 0 Å². The minimum Gasteiger partial charge on any atom is -0.478 e. The van der Waals surface area contributed by atoms with Gasteiger partial charge in [-0.25, -0.2) is 13.1 Å². The molecule has 3 rings (SSSR count). The summed E-state index contributed by atoms with van der Waals surface area (Å²) in [5.41, 5.74) is 0.224. The fourth-order valence-corrected chi connectivity index (χ4v) is 4.27. The number of hydrogen-bond donors (Lipinski definition) is 3. The summed E-state index contributed by atoms with van der Waals surface area (Å²) in [5, 5.41) is 5.32. The molecule has 0 saturated heterocycles. The smallest absolute Gasteiger partial charge is 0.266 e. The van der Waals surface area contributed by atoms with Crippen molar-refractivity contribution in [3.05, 3.63) is 48.5 Å². The number of fused-ring (bicyclic) bond motifs is 1. The molecule has 0 radical (unpaired) electrons. The van der Waals surface area contributed by atoms with Crippen LogP contribution in [0.3, 0.4) is 0 Å². The van der Waals surface area contributed by atoms with E-state index in [2.05, 4.69) is 15.4 Å². The fraction of sp³-hybridized carbons (Fsp3) is 0.300. The molecule has 154 valence electrons. The van der Waals surface area contributed by atoms with E-state index >= 15 is 0 Å². The molecule has 0 unspecified atom stereocenters. The molecule has 1 heterocycles.